The zero-order valence-electron chi connectivity index (χ0n) is 14.8. The molecule has 28 heavy (non-hydrogen) atoms. The van der Waals surface area contributed by atoms with Crippen molar-refractivity contribution in [1.29, 1.82) is 0 Å². The molecule has 0 radical (unpaired) electrons. The summed E-state index contributed by atoms with van der Waals surface area (Å²) in [5.74, 6) is 0. The molecule has 0 aliphatic rings. The molecule has 0 bridgehead atoms. The second-order valence-electron chi connectivity index (χ2n) is 6.16. The number of hydrogen-bond acceptors (Lipinski definition) is 5. The minimum absolute atomic E-state index is 0.0654. The van der Waals surface area contributed by atoms with Crippen molar-refractivity contribution in [2.24, 2.45) is 0 Å². The van der Waals surface area contributed by atoms with Gasteiger partial charge in [-0.25, -0.2) is 17.8 Å². The highest BCUT2D eigenvalue weighted by molar-refractivity contribution is 7.89. The second-order valence-corrected chi connectivity index (χ2v) is 8.88. The predicted octanol–water partition coefficient (Wildman–Crippen LogP) is 3.10. The number of benzene rings is 2. The van der Waals surface area contributed by atoms with Crippen LogP contribution in [0, 0.1) is 0 Å². The van der Waals surface area contributed by atoms with E-state index in [0.29, 0.717) is 5.69 Å². The minimum atomic E-state index is -3.68. The van der Waals surface area contributed by atoms with Crippen LogP contribution in [-0.4, -0.2) is 24.7 Å². The van der Waals surface area contributed by atoms with Gasteiger partial charge in [0.1, 0.15) is 5.69 Å². The van der Waals surface area contributed by atoms with Crippen LogP contribution in [-0.2, 0) is 16.6 Å². The van der Waals surface area contributed by atoms with Gasteiger partial charge >= 0.3 is 0 Å². The molecule has 4 rings (SSSR count). The average Bonchev–Trinajstić information content (AvgIpc) is 3.24. The Morgan fingerprint density at radius 3 is 2.57 bits per heavy atom. The Balaban J connectivity index is 1.49. The fourth-order valence-corrected chi connectivity index (χ4v) is 4.62. The Labute approximate surface area is 166 Å². The van der Waals surface area contributed by atoms with E-state index in [2.05, 4.69) is 9.82 Å². The molecular weight excluding hydrogens is 394 g/mol. The van der Waals surface area contributed by atoms with Gasteiger partial charge in [-0.1, -0.05) is 36.4 Å². The quantitative estimate of drug-likeness (QED) is 0.529. The van der Waals surface area contributed by atoms with E-state index in [-0.39, 0.29) is 23.5 Å². The lowest BCUT2D eigenvalue weighted by Gasteiger charge is -2.09. The predicted molar refractivity (Wildman–Crippen MR) is 111 cm³/mol. The molecule has 8 heteroatoms. The maximum absolute atomic E-state index is 12.6. The van der Waals surface area contributed by atoms with E-state index < -0.39 is 10.0 Å². The Kier molecular flexibility index (Phi) is 5.08. The van der Waals surface area contributed by atoms with Gasteiger partial charge in [0.15, 0.2) is 0 Å². The van der Waals surface area contributed by atoms with Gasteiger partial charge in [-0.3, -0.25) is 4.79 Å². The van der Waals surface area contributed by atoms with Crippen LogP contribution in [0.15, 0.2) is 81.8 Å². The molecule has 1 N–H and O–H groups in total. The summed E-state index contributed by atoms with van der Waals surface area (Å²) in [7, 11) is -3.68. The first kappa shape index (κ1) is 18.5. The highest BCUT2D eigenvalue weighted by Crippen LogP contribution is 2.21. The van der Waals surface area contributed by atoms with Crippen LogP contribution in [0.4, 0.5) is 0 Å². The summed E-state index contributed by atoms with van der Waals surface area (Å²) in [6, 6.07) is 19.5. The van der Waals surface area contributed by atoms with Crippen LogP contribution in [0.5, 0.6) is 0 Å². The van der Waals surface area contributed by atoms with E-state index in [1.54, 1.807) is 24.3 Å². The van der Waals surface area contributed by atoms with E-state index in [9.17, 15) is 13.2 Å². The Bertz CT molecular complexity index is 1280. The monoisotopic (exact) mass is 411 g/mol. The molecule has 2 heterocycles. The normalized spacial score (nSPS) is 11.7. The van der Waals surface area contributed by atoms with Gasteiger partial charge in [-0.15, -0.1) is 11.3 Å². The number of sulfonamides is 1. The molecule has 142 valence electrons. The molecular formula is C20H17N3O3S2. The SMILES string of the molecule is O=c1ccc(-c2cccs2)nn1CCNS(=O)(=O)c1ccc2ccccc2c1. The van der Waals surface area contributed by atoms with Crippen LogP contribution in [0.2, 0.25) is 0 Å². The van der Waals surface area contributed by atoms with Gasteiger partial charge < -0.3 is 0 Å². The fraction of sp³-hybridized carbons (Fsp3) is 0.100. The summed E-state index contributed by atoms with van der Waals surface area (Å²) in [5.41, 5.74) is 0.414. The first-order valence-corrected chi connectivity index (χ1v) is 11.0. The van der Waals surface area contributed by atoms with Gasteiger partial charge in [0.25, 0.3) is 5.56 Å². The maximum Gasteiger partial charge on any atom is 0.266 e. The summed E-state index contributed by atoms with van der Waals surface area (Å²) < 4.78 is 29.0. The Morgan fingerprint density at radius 2 is 1.79 bits per heavy atom. The van der Waals surface area contributed by atoms with Gasteiger partial charge in [0, 0.05) is 12.6 Å². The number of aromatic nitrogens is 2. The van der Waals surface area contributed by atoms with E-state index in [1.807, 2.05) is 41.8 Å². The summed E-state index contributed by atoms with van der Waals surface area (Å²) in [6.45, 7) is 0.209. The number of hydrogen-bond donors (Lipinski definition) is 1. The number of rotatable bonds is 6. The van der Waals surface area contributed by atoms with Crippen LogP contribution >= 0.6 is 11.3 Å². The van der Waals surface area contributed by atoms with Crippen molar-refractivity contribution in [2.75, 3.05) is 6.54 Å². The van der Waals surface area contributed by atoms with Crippen molar-refractivity contribution >= 4 is 32.1 Å². The molecule has 0 fully saturated rings. The summed E-state index contributed by atoms with van der Waals surface area (Å²) in [4.78, 5) is 13.2. The zero-order valence-corrected chi connectivity index (χ0v) is 16.4. The van der Waals surface area contributed by atoms with Crippen molar-refractivity contribution < 1.29 is 8.42 Å². The maximum atomic E-state index is 12.6. The average molecular weight is 412 g/mol. The van der Waals surface area contributed by atoms with Crippen molar-refractivity contribution in [3.63, 3.8) is 0 Å². The van der Waals surface area contributed by atoms with Crippen molar-refractivity contribution in [2.45, 2.75) is 11.4 Å². The third-order valence-corrected chi connectivity index (χ3v) is 6.64. The van der Waals surface area contributed by atoms with Gasteiger partial charge in [0.05, 0.1) is 16.3 Å². The van der Waals surface area contributed by atoms with Crippen LogP contribution < -0.4 is 10.3 Å². The highest BCUT2D eigenvalue weighted by atomic mass is 32.2. The van der Waals surface area contributed by atoms with Gasteiger partial charge in [0.2, 0.25) is 10.0 Å². The van der Waals surface area contributed by atoms with Crippen LogP contribution in [0.25, 0.3) is 21.3 Å². The van der Waals surface area contributed by atoms with E-state index in [0.717, 1.165) is 15.6 Å². The van der Waals surface area contributed by atoms with E-state index in [1.165, 1.54) is 22.1 Å². The zero-order chi connectivity index (χ0) is 19.6. The molecule has 0 unspecified atom stereocenters. The second kappa shape index (κ2) is 7.67. The van der Waals surface area contributed by atoms with Gasteiger partial charge in [-0.05, 0) is 40.4 Å². The molecule has 0 aliphatic heterocycles. The van der Waals surface area contributed by atoms with Gasteiger partial charge in [-0.2, -0.15) is 5.10 Å². The lowest BCUT2D eigenvalue weighted by molar-refractivity contribution is 0.549. The lowest BCUT2D eigenvalue weighted by Crippen LogP contribution is -2.32. The molecule has 6 nitrogen and oxygen atoms in total. The Hall–Kier alpha value is -2.81. The number of nitrogens with zero attached hydrogens (tertiary/aromatic N) is 2. The highest BCUT2D eigenvalue weighted by Gasteiger charge is 2.14. The van der Waals surface area contributed by atoms with E-state index in [4.69, 9.17) is 0 Å². The molecule has 0 saturated carbocycles. The molecule has 4 aromatic rings. The first-order valence-electron chi connectivity index (χ1n) is 8.63. The molecule has 2 aromatic carbocycles. The summed E-state index contributed by atoms with van der Waals surface area (Å²) in [5, 5.41) is 8.09. The number of nitrogens with one attached hydrogen (secondary N) is 1. The first-order chi connectivity index (χ1) is 13.5. The standard InChI is InChI=1S/C20H17N3O3S2/c24-20-10-9-18(19-6-3-13-27-19)22-23(20)12-11-21-28(25,26)17-8-7-15-4-1-2-5-16(15)14-17/h1-10,13-14,21H,11-12H2. The summed E-state index contributed by atoms with van der Waals surface area (Å²) >= 11 is 1.53. The molecule has 0 amide bonds. The third-order valence-electron chi connectivity index (χ3n) is 4.29. The van der Waals surface area contributed by atoms with Crippen LogP contribution in [0.3, 0.4) is 0 Å². The molecule has 0 spiro atoms. The van der Waals surface area contributed by atoms with Crippen molar-refractivity contribution in [3.8, 4) is 10.6 Å². The number of thiophene rings is 1. The summed E-state index contributed by atoms with van der Waals surface area (Å²) in [6.07, 6.45) is 0. The topological polar surface area (TPSA) is 81.1 Å². The smallest absolute Gasteiger partial charge is 0.266 e. The Morgan fingerprint density at radius 1 is 0.964 bits per heavy atom. The molecule has 2 aromatic heterocycles. The molecule has 0 saturated heterocycles. The minimum Gasteiger partial charge on any atom is -0.268 e. The molecule has 0 aliphatic carbocycles. The largest absolute Gasteiger partial charge is 0.268 e. The van der Waals surface area contributed by atoms with Crippen molar-refractivity contribution in [3.05, 3.63) is 82.5 Å². The lowest BCUT2D eigenvalue weighted by atomic mass is 10.1. The van der Waals surface area contributed by atoms with Crippen LogP contribution in [0.1, 0.15) is 0 Å². The van der Waals surface area contributed by atoms with E-state index >= 15 is 0 Å². The van der Waals surface area contributed by atoms with Crippen molar-refractivity contribution in [1.82, 2.24) is 14.5 Å². The fourth-order valence-electron chi connectivity index (χ4n) is 2.87. The molecule has 0 atom stereocenters. The third kappa shape index (κ3) is 3.89. The number of fused-ring (bicyclic) bond motifs is 1.